The summed E-state index contributed by atoms with van der Waals surface area (Å²) in [7, 11) is 1.70. The molecule has 0 spiro atoms. The molecule has 0 aliphatic rings. The van der Waals surface area contributed by atoms with E-state index < -0.39 is 17.9 Å². The van der Waals surface area contributed by atoms with Crippen molar-refractivity contribution in [1.82, 2.24) is 25.4 Å². The van der Waals surface area contributed by atoms with Crippen LogP contribution in [-0.4, -0.2) is 37.8 Å². The highest BCUT2D eigenvalue weighted by Crippen LogP contribution is 1.89. The molecule has 3 N–H and O–H groups in total. The minimum Gasteiger partial charge on any atom is -0.478 e. The molecular weight excluding hydrogens is 242 g/mol. The van der Waals surface area contributed by atoms with Gasteiger partial charge in [0.05, 0.1) is 6.54 Å². The molecule has 9 nitrogen and oxygen atoms in total. The minimum atomic E-state index is -1.27. The number of imide groups is 1. The van der Waals surface area contributed by atoms with E-state index >= 15 is 0 Å². The summed E-state index contributed by atoms with van der Waals surface area (Å²) in [5.74, 6) is -1.59. The fourth-order valence-corrected chi connectivity index (χ4v) is 0.971. The summed E-state index contributed by atoms with van der Waals surface area (Å²) in [4.78, 5) is 32.4. The number of nitrogens with one attached hydrogen (secondary N) is 2. The van der Waals surface area contributed by atoms with Crippen molar-refractivity contribution in [3.63, 3.8) is 0 Å². The highest BCUT2D eigenvalue weighted by Gasteiger charge is 2.06. The Labute approximate surface area is 102 Å². The van der Waals surface area contributed by atoms with E-state index in [9.17, 15) is 14.4 Å². The molecule has 3 amide bonds. The molecule has 0 aliphatic carbocycles. The molecule has 0 atom stereocenters. The van der Waals surface area contributed by atoms with Crippen molar-refractivity contribution in [2.45, 2.75) is 6.54 Å². The van der Waals surface area contributed by atoms with Gasteiger partial charge in [0.2, 0.25) is 0 Å². The van der Waals surface area contributed by atoms with Gasteiger partial charge in [0.25, 0.3) is 5.91 Å². The van der Waals surface area contributed by atoms with Gasteiger partial charge in [0.1, 0.15) is 6.33 Å². The average molecular weight is 253 g/mol. The molecular formula is C9H11N5O4. The molecule has 0 fully saturated rings. The van der Waals surface area contributed by atoms with Crippen LogP contribution in [0, 0.1) is 0 Å². The number of carboxylic acid groups (broad SMARTS) is 1. The van der Waals surface area contributed by atoms with Crippen LogP contribution < -0.4 is 10.6 Å². The Morgan fingerprint density at radius 2 is 2.17 bits per heavy atom. The zero-order chi connectivity index (χ0) is 13.5. The predicted molar refractivity (Wildman–Crippen MR) is 58.2 cm³/mol. The van der Waals surface area contributed by atoms with E-state index in [4.69, 9.17) is 5.11 Å². The van der Waals surface area contributed by atoms with E-state index in [2.05, 4.69) is 15.5 Å². The third-order valence-electron chi connectivity index (χ3n) is 1.83. The number of aliphatic carboxylic acids is 1. The number of carbonyl (C=O) groups excluding carboxylic acids is 2. The third kappa shape index (κ3) is 4.43. The van der Waals surface area contributed by atoms with Gasteiger partial charge in [0.15, 0.2) is 5.82 Å². The Kier molecular flexibility index (Phi) is 4.55. The molecule has 96 valence electrons. The number of carboxylic acids is 1. The summed E-state index contributed by atoms with van der Waals surface area (Å²) in [5, 5.41) is 19.9. The Morgan fingerprint density at radius 1 is 1.44 bits per heavy atom. The zero-order valence-corrected chi connectivity index (χ0v) is 9.45. The van der Waals surface area contributed by atoms with Crippen LogP contribution in [0.4, 0.5) is 4.79 Å². The second-order valence-electron chi connectivity index (χ2n) is 3.20. The topological polar surface area (TPSA) is 126 Å². The molecule has 0 unspecified atom stereocenters. The van der Waals surface area contributed by atoms with Gasteiger partial charge in [-0.1, -0.05) is 0 Å². The molecule has 0 saturated heterocycles. The average Bonchev–Trinajstić information content (AvgIpc) is 2.69. The zero-order valence-electron chi connectivity index (χ0n) is 9.45. The molecule has 1 aromatic heterocycles. The van der Waals surface area contributed by atoms with Crippen LogP contribution in [0.15, 0.2) is 18.5 Å². The number of amides is 3. The first kappa shape index (κ1) is 13.4. The summed E-state index contributed by atoms with van der Waals surface area (Å²) in [5.41, 5.74) is 0. The van der Waals surface area contributed by atoms with E-state index in [-0.39, 0.29) is 6.54 Å². The number of aromatic nitrogens is 3. The van der Waals surface area contributed by atoms with Crippen LogP contribution in [0.25, 0.3) is 0 Å². The normalized spacial score (nSPS) is 10.3. The molecule has 1 aromatic rings. The van der Waals surface area contributed by atoms with Gasteiger partial charge in [-0.25, -0.2) is 9.59 Å². The third-order valence-corrected chi connectivity index (χ3v) is 1.83. The Bertz CT molecular complexity index is 493. The van der Waals surface area contributed by atoms with Gasteiger partial charge in [-0.3, -0.25) is 10.1 Å². The second kappa shape index (κ2) is 6.13. The van der Waals surface area contributed by atoms with Gasteiger partial charge in [0, 0.05) is 19.2 Å². The van der Waals surface area contributed by atoms with Gasteiger partial charge in [-0.15, -0.1) is 10.2 Å². The predicted octanol–water partition coefficient (Wildman–Crippen LogP) is -1.22. The van der Waals surface area contributed by atoms with E-state index in [1.165, 1.54) is 6.33 Å². The Balaban J connectivity index is 2.36. The first-order valence-electron chi connectivity index (χ1n) is 4.81. The maximum atomic E-state index is 11.2. The van der Waals surface area contributed by atoms with Gasteiger partial charge >= 0.3 is 12.0 Å². The summed E-state index contributed by atoms with van der Waals surface area (Å²) >= 11 is 0. The van der Waals surface area contributed by atoms with E-state index in [0.29, 0.717) is 11.9 Å². The van der Waals surface area contributed by atoms with Crippen molar-refractivity contribution in [3.05, 3.63) is 24.3 Å². The molecule has 9 heteroatoms. The quantitative estimate of drug-likeness (QED) is 0.577. The smallest absolute Gasteiger partial charge is 0.328 e. The lowest BCUT2D eigenvalue weighted by molar-refractivity contribution is -0.131. The first-order chi connectivity index (χ1) is 8.49. The molecule has 1 rings (SSSR count). The highest BCUT2D eigenvalue weighted by atomic mass is 16.4. The van der Waals surface area contributed by atoms with Crippen molar-refractivity contribution in [3.8, 4) is 0 Å². The number of rotatable bonds is 4. The van der Waals surface area contributed by atoms with E-state index in [1.807, 2.05) is 5.32 Å². The maximum Gasteiger partial charge on any atom is 0.328 e. The summed E-state index contributed by atoms with van der Waals surface area (Å²) in [6, 6.07) is -0.752. The Hall–Kier alpha value is -2.71. The molecule has 18 heavy (non-hydrogen) atoms. The van der Waals surface area contributed by atoms with Crippen LogP contribution in [0.2, 0.25) is 0 Å². The number of aryl methyl sites for hydroxylation is 1. The second-order valence-corrected chi connectivity index (χ2v) is 3.20. The molecule has 1 heterocycles. The largest absolute Gasteiger partial charge is 0.478 e. The number of hydrogen-bond acceptors (Lipinski definition) is 5. The van der Waals surface area contributed by atoms with E-state index in [0.717, 1.165) is 6.08 Å². The van der Waals surface area contributed by atoms with Gasteiger partial charge < -0.3 is 15.0 Å². The van der Waals surface area contributed by atoms with Crippen molar-refractivity contribution in [1.29, 1.82) is 0 Å². The monoisotopic (exact) mass is 253 g/mol. The molecule has 0 aromatic carbocycles. The van der Waals surface area contributed by atoms with Crippen LogP contribution in [-0.2, 0) is 23.2 Å². The summed E-state index contributed by atoms with van der Waals surface area (Å²) < 4.78 is 1.60. The number of hydrogen-bond donors (Lipinski definition) is 3. The fourth-order valence-electron chi connectivity index (χ4n) is 0.971. The highest BCUT2D eigenvalue weighted by molar-refractivity contribution is 6.02. The maximum absolute atomic E-state index is 11.2. The summed E-state index contributed by atoms with van der Waals surface area (Å²) in [6.07, 6.45) is 2.84. The lowest BCUT2D eigenvalue weighted by atomic mass is 10.4. The van der Waals surface area contributed by atoms with Crippen LogP contribution in [0.3, 0.4) is 0 Å². The van der Waals surface area contributed by atoms with Crippen molar-refractivity contribution in [2.75, 3.05) is 0 Å². The minimum absolute atomic E-state index is 0.0955. The van der Waals surface area contributed by atoms with Crippen molar-refractivity contribution in [2.24, 2.45) is 7.05 Å². The number of nitrogens with zero attached hydrogens (tertiary/aromatic N) is 3. The Morgan fingerprint density at radius 3 is 2.72 bits per heavy atom. The number of urea groups is 1. The van der Waals surface area contributed by atoms with Gasteiger partial charge in [-0.05, 0) is 0 Å². The SMILES string of the molecule is Cn1cnnc1CNC(=O)NC(=O)/C=C/C(=O)O. The van der Waals surface area contributed by atoms with E-state index in [1.54, 1.807) is 11.6 Å². The molecule has 0 saturated carbocycles. The van der Waals surface area contributed by atoms with Crippen LogP contribution in [0.1, 0.15) is 5.82 Å². The fraction of sp³-hybridized carbons (Fsp3) is 0.222. The molecule has 0 aliphatic heterocycles. The van der Waals surface area contributed by atoms with Crippen molar-refractivity contribution >= 4 is 17.9 Å². The standard InChI is InChI=1S/C9H11N5O4/c1-14-5-11-13-6(14)4-10-9(18)12-7(15)2-3-8(16)17/h2-3,5H,4H2,1H3,(H,16,17)(H2,10,12,15,18)/b3-2+. The summed E-state index contributed by atoms with van der Waals surface area (Å²) in [6.45, 7) is 0.0955. The lowest BCUT2D eigenvalue weighted by Crippen LogP contribution is -2.38. The molecule has 0 bridgehead atoms. The molecule has 0 radical (unpaired) electrons. The number of carbonyl (C=O) groups is 3. The first-order valence-corrected chi connectivity index (χ1v) is 4.81. The lowest BCUT2D eigenvalue weighted by Gasteiger charge is -2.04. The van der Waals surface area contributed by atoms with Gasteiger partial charge in [-0.2, -0.15) is 0 Å². The van der Waals surface area contributed by atoms with Crippen LogP contribution >= 0.6 is 0 Å². The van der Waals surface area contributed by atoms with Crippen molar-refractivity contribution < 1.29 is 19.5 Å². The van der Waals surface area contributed by atoms with Crippen LogP contribution in [0.5, 0.6) is 0 Å².